The fraction of sp³-hybridized carbons (Fsp3) is 0.361. The van der Waals surface area contributed by atoms with Gasteiger partial charge in [-0.2, -0.15) is 0 Å². The van der Waals surface area contributed by atoms with E-state index in [-0.39, 0.29) is 24.6 Å². The van der Waals surface area contributed by atoms with Gasteiger partial charge in [-0.15, -0.1) is 11.3 Å². The molecule has 0 aliphatic carbocycles. The molecular formula is C36H37Cl2FN3O6S+. The zero-order valence-corrected chi connectivity index (χ0v) is 29.4. The molecule has 2 bridgehead atoms. The van der Waals surface area contributed by atoms with E-state index < -0.39 is 29.9 Å². The largest absolute Gasteiger partial charge is 0.493 e. The first-order valence-corrected chi connectivity index (χ1v) is 17.6. The third-order valence-electron chi connectivity index (χ3n) is 9.10. The van der Waals surface area contributed by atoms with Crippen LogP contribution in [0.3, 0.4) is 0 Å². The van der Waals surface area contributed by atoms with Gasteiger partial charge in [-0.25, -0.2) is 19.0 Å². The van der Waals surface area contributed by atoms with Gasteiger partial charge >= 0.3 is 11.9 Å². The Balaban J connectivity index is 1.18. The number of piperidine rings is 3. The van der Waals surface area contributed by atoms with Crippen molar-refractivity contribution in [3.05, 3.63) is 109 Å². The minimum atomic E-state index is -1.03. The van der Waals surface area contributed by atoms with Crippen LogP contribution in [0.4, 0.5) is 4.39 Å². The summed E-state index contributed by atoms with van der Waals surface area (Å²) in [5, 5.41) is 5.67. The Morgan fingerprint density at radius 3 is 2.45 bits per heavy atom. The quantitative estimate of drug-likeness (QED) is 0.153. The molecule has 7 rings (SSSR count). The molecule has 3 saturated heterocycles. The summed E-state index contributed by atoms with van der Waals surface area (Å²) in [4.78, 5) is 33.1. The number of methoxy groups -OCH3 is 2. The van der Waals surface area contributed by atoms with E-state index >= 15 is 0 Å². The Labute approximate surface area is 298 Å². The predicted octanol–water partition coefficient (Wildman–Crippen LogP) is 6.63. The van der Waals surface area contributed by atoms with Crippen molar-refractivity contribution in [3.8, 4) is 11.5 Å². The van der Waals surface area contributed by atoms with Crippen LogP contribution < -0.4 is 19.8 Å². The number of pyridine rings is 1. The van der Waals surface area contributed by atoms with Gasteiger partial charge in [0, 0.05) is 40.9 Å². The van der Waals surface area contributed by atoms with Crippen molar-refractivity contribution in [3.63, 3.8) is 0 Å². The molecule has 3 aliphatic rings. The molecule has 4 aromatic rings. The molecule has 258 valence electrons. The summed E-state index contributed by atoms with van der Waals surface area (Å²) in [5.41, 5.74) is 1.79. The number of ether oxygens (including phenoxy) is 4. The van der Waals surface area contributed by atoms with Crippen molar-refractivity contribution in [2.45, 2.75) is 44.1 Å². The van der Waals surface area contributed by atoms with Gasteiger partial charge in [0.1, 0.15) is 34.1 Å². The van der Waals surface area contributed by atoms with Crippen LogP contribution in [0.25, 0.3) is 0 Å². The van der Waals surface area contributed by atoms with Crippen molar-refractivity contribution in [2.75, 3.05) is 33.9 Å². The third kappa shape index (κ3) is 8.19. The summed E-state index contributed by atoms with van der Waals surface area (Å²) >= 11 is 14.3. The number of hydrogen-bond acceptors (Lipinski definition) is 9. The molecule has 5 heterocycles. The van der Waals surface area contributed by atoms with Crippen molar-refractivity contribution >= 4 is 46.5 Å². The smallest absolute Gasteiger partial charge is 0.339 e. The highest BCUT2D eigenvalue weighted by Crippen LogP contribution is 2.36. The molecule has 13 heteroatoms. The number of nitrogens with zero attached hydrogens (tertiary/aromatic N) is 1. The summed E-state index contributed by atoms with van der Waals surface area (Å²) in [6, 6.07) is 12.1. The Morgan fingerprint density at radius 1 is 1.04 bits per heavy atom. The van der Waals surface area contributed by atoms with Crippen molar-refractivity contribution in [1.82, 2.24) is 10.2 Å². The van der Waals surface area contributed by atoms with Gasteiger partial charge in [0.2, 0.25) is 0 Å². The first-order chi connectivity index (χ1) is 23.7. The summed E-state index contributed by atoms with van der Waals surface area (Å²) in [5.74, 6) is -0.272. The Morgan fingerprint density at radius 2 is 1.78 bits per heavy atom. The van der Waals surface area contributed by atoms with E-state index in [1.54, 1.807) is 60.2 Å². The molecule has 0 radical (unpaired) electrons. The maximum atomic E-state index is 15.0. The Hall–Kier alpha value is -3.74. The Kier molecular flexibility index (Phi) is 11.4. The molecule has 9 nitrogen and oxygen atoms in total. The molecular weight excluding hydrogens is 692 g/mol. The van der Waals surface area contributed by atoms with Crippen LogP contribution in [-0.4, -0.2) is 56.8 Å². The Bertz CT molecular complexity index is 1780. The number of carbonyl (C=O) groups is 2. The van der Waals surface area contributed by atoms with Gasteiger partial charge in [-0.1, -0.05) is 47.5 Å². The van der Waals surface area contributed by atoms with E-state index in [1.165, 1.54) is 31.6 Å². The molecule has 2 N–H and O–H groups in total. The minimum Gasteiger partial charge on any atom is -0.493 e. The molecule has 49 heavy (non-hydrogen) atoms. The van der Waals surface area contributed by atoms with E-state index in [1.807, 2.05) is 0 Å². The van der Waals surface area contributed by atoms with E-state index in [9.17, 15) is 14.0 Å². The fourth-order valence-electron chi connectivity index (χ4n) is 6.41. The monoisotopic (exact) mass is 728 g/mol. The van der Waals surface area contributed by atoms with Crippen molar-refractivity contribution < 1.29 is 37.9 Å². The van der Waals surface area contributed by atoms with Crippen LogP contribution in [0, 0.1) is 11.7 Å². The van der Waals surface area contributed by atoms with E-state index in [0.29, 0.717) is 50.7 Å². The van der Waals surface area contributed by atoms with Crippen LogP contribution in [0.5, 0.6) is 11.5 Å². The van der Waals surface area contributed by atoms with Crippen LogP contribution in [0.15, 0.2) is 66.3 Å². The zero-order valence-electron chi connectivity index (χ0n) is 27.0. The normalized spacial score (nSPS) is 19.6. The molecule has 2 aromatic heterocycles. The number of rotatable bonds is 13. The van der Waals surface area contributed by atoms with Gasteiger partial charge in [-0.3, -0.25) is 10.2 Å². The number of halogens is 3. The summed E-state index contributed by atoms with van der Waals surface area (Å²) < 4.78 is 37.9. The third-order valence-corrected chi connectivity index (χ3v) is 10.7. The van der Waals surface area contributed by atoms with Gasteiger partial charge in [0.05, 0.1) is 19.8 Å². The maximum absolute atomic E-state index is 15.0. The topological polar surface area (TPSA) is 100 Å². The van der Waals surface area contributed by atoms with Gasteiger partial charge < -0.3 is 18.9 Å². The number of aromatic nitrogens is 1. The second kappa shape index (κ2) is 15.9. The zero-order chi connectivity index (χ0) is 34.5. The first kappa shape index (κ1) is 35.1. The second-order valence-corrected chi connectivity index (χ2v) is 13.9. The van der Waals surface area contributed by atoms with Crippen molar-refractivity contribution in [2.24, 2.45) is 5.92 Å². The molecule has 3 fully saturated rings. The number of aromatic amines is 1. The average Bonchev–Trinajstić information content (AvgIpc) is 3.59. The molecule has 2 aromatic carbocycles. The number of nitrogens with one attached hydrogen (secondary N) is 2. The standard InChI is InChI=1S/C36H36Cl2FN3O6S/c1-45-30-8-7-22(14-32(30)46-2)31(15-26-27(37)17-40-18-28(26)38)47-35(43)23-13-24(49-20-23)16-41-34(25-5-3-4-6-29(25)39)36(44)48-33-19-42-11-9-21(33)10-12-42/h3-8,13-14,17-18,20-21,31,33-34,41H,9-12,15-16,19H2,1-2H3/p+1/t31-,33-,34?/m0/s1. The van der Waals surface area contributed by atoms with Crippen molar-refractivity contribution in [1.29, 1.82) is 0 Å². The van der Waals surface area contributed by atoms with Crippen LogP contribution >= 0.6 is 34.5 Å². The molecule has 3 atom stereocenters. The average molecular weight is 730 g/mol. The van der Waals surface area contributed by atoms with Gasteiger partial charge in [0.15, 0.2) is 23.9 Å². The van der Waals surface area contributed by atoms with E-state index in [0.717, 1.165) is 30.8 Å². The fourth-order valence-corrected chi connectivity index (χ4v) is 7.75. The summed E-state index contributed by atoms with van der Waals surface area (Å²) in [6.45, 7) is 2.91. The lowest BCUT2D eigenvalue weighted by molar-refractivity contribution is -0.377. The summed E-state index contributed by atoms with van der Waals surface area (Å²) in [6.07, 6.45) is 4.38. The van der Waals surface area contributed by atoms with E-state index in [2.05, 4.69) is 15.2 Å². The molecule has 0 spiro atoms. The second-order valence-electron chi connectivity index (χ2n) is 12.1. The molecule has 3 aliphatic heterocycles. The number of fused-ring (bicyclic) bond motifs is 3. The lowest BCUT2D eigenvalue weighted by Gasteiger charge is -2.44. The molecule has 0 amide bonds. The minimum absolute atomic E-state index is 0.192. The SMILES string of the molecule is COc1ccc([C@H](Cc2c(Cl)c[nH+]cc2Cl)OC(=O)c2csc(CNC(C(=O)O[C@H]3CN4CCC3CC4)c3ccccc3F)c2)cc1OC. The summed E-state index contributed by atoms with van der Waals surface area (Å²) in [7, 11) is 3.07. The lowest BCUT2D eigenvalue weighted by atomic mass is 9.86. The lowest BCUT2D eigenvalue weighted by Crippen LogP contribution is -2.52. The highest BCUT2D eigenvalue weighted by atomic mass is 35.5. The molecule has 0 saturated carbocycles. The van der Waals surface area contributed by atoms with Gasteiger partial charge in [0.25, 0.3) is 0 Å². The predicted molar refractivity (Wildman–Crippen MR) is 184 cm³/mol. The highest BCUT2D eigenvalue weighted by Gasteiger charge is 2.38. The number of H-pyrrole nitrogens is 1. The number of benzene rings is 2. The van der Waals surface area contributed by atoms with Crippen LogP contribution in [-0.2, 0) is 27.2 Å². The van der Waals surface area contributed by atoms with Crippen LogP contribution in [0.2, 0.25) is 10.0 Å². The highest BCUT2D eigenvalue weighted by molar-refractivity contribution is 7.10. The number of carbonyl (C=O) groups excluding carboxylic acids is 2. The van der Waals surface area contributed by atoms with Crippen LogP contribution in [0.1, 0.15) is 56.9 Å². The number of esters is 2. The first-order valence-electron chi connectivity index (χ1n) is 16.0. The number of hydrogen-bond donors (Lipinski definition) is 1. The van der Waals surface area contributed by atoms with Gasteiger partial charge in [-0.05, 0) is 61.7 Å². The maximum Gasteiger partial charge on any atom is 0.339 e. The van der Waals surface area contributed by atoms with E-state index in [4.69, 9.17) is 42.1 Å². The number of thiophene rings is 1. The molecule has 1 unspecified atom stereocenters.